The van der Waals surface area contributed by atoms with Crippen LogP contribution < -0.4 is 15.5 Å². The van der Waals surface area contributed by atoms with Gasteiger partial charge in [0.15, 0.2) is 0 Å². The highest BCUT2D eigenvalue weighted by Crippen LogP contribution is 2.28. The molecule has 1 aliphatic rings. The number of para-hydroxylation sites is 2. The van der Waals surface area contributed by atoms with Gasteiger partial charge in [-0.15, -0.1) is 0 Å². The second-order valence-electron chi connectivity index (χ2n) is 7.02. The van der Waals surface area contributed by atoms with Gasteiger partial charge in [-0.3, -0.25) is 14.4 Å². The number of halogens is 1. The molecular weight excluding hydrogens is 361 g/mol. The highest BCUT2D eigenvalue weighted by molar-refractivity contribution is 6.07. The molecule has 0 unspecified atom stereocenters. The Balaban J connectivity index is 1.74. The number of nitrogens with zero attached hydrogens (tertiary/aromatic N) is 1. The highest BCUT2D eigenvalue weighted by Gasteiger charge is 2.36. The number of hydrogen-bond donors (Lipinski definition) is 2. The standard InChI is InChI=1S/C21H22FN3O3/c1-13(2)23-21(28)15-7-3-5-9-17(15)24-20(27)14-11-19(26)25(12-14)18-10-6-4-8-16(18)22/h3-10,13-14H,11-12H2,1-2H3,(H,23,28)(H,24,27)/t14-/m0/s1. The first-order chi connectivity index (χ1) is 13.4. The maximum atomic E-state index is 14.0. The van der Waals surface area contributed by atoms with Crippen molar-refractivity contribution in [3.63, 3.8) is 0 Å². The summed E-state index contributed by atoms with van der Waals surface area (Å²) in [7, 11) is 0. The van der Waals surface area contributed by atoms with Crippen LogP contribution in [0.15, 0.2) is 48.5 Å². The molecule has 7 heteroatoms. The van der Waals surface area contributed by atoms with Crippen molar-refractivity contribution in [3.8, 4) is 0 Å². The summed E-state index contributed by atoms with van der Waals surface area (Å²) in [5.41, 5.74) is 0.891. The summed E-state index contributed by atoms with van der Waals surface area (Å²) in [6.07, 6.45) is -0.0134. The summed E-state index contributed by atoms with van der Waals surface area (Å²) in [6.45, 7) is 3.78. The Morgan fingerprint density at radius 1 is 1.11 bits per heavy atom. The number of anilines is 2. The van der Waals surface area contributed by atoms with E-state index in [0.29, 0.717) is 11.3 Å². The SMILES string of the molecule is CC(C)NC(=O)c1ccccc1NC(=O)[C@H]1CC(=O)N(c2ccccc2F)C1. The number of nitrogens with one attached hydrogen (secondary N) is 2. The van der Waals surface area contributed by atoms with Gasteiger partial charge in [0.25, 0.3) is 5.91 Å². The minimum absolute atomic E-state index is 0.0134. The molecule has 2 aromatic carbocycles. The van der Waals surface area contributed by atoms with E-state index < -0.39 is 11.7 Å². The average molecular weight is 383 g/mol. The molecule has 3 amide bonds. The third-order valence-electron chi connectivity index (χ3n) is 4.49. The van der Waals surface area contributed by atoms with E-state index in [4.69, 9.17) is 0 Å². The van der Waals surface area contributed by atoms with Crippen molar-refractivity contribution in [1.82, 2.24) is 5.32 Å². The fraction of sp³-hybridized carbons (Fsp3) is 0.286. The molecule has 2 aromatic rings. The minimum Gasteiger partial charge on any atom is -0.350 e. The van der Waals surface area contributed by atoms with Crippen LogP contribution in [0.25, 0.3) is 0 Å². The van der Waals surface area contributed by atoms with Gasteiger partial charge in [0, 0.05) is 19.0 Å². The van der Waals surface area contributed by atoms with Crippen molar-refractivity contribution in [3.05, 3.63) is 59.9 Å². The maximum absolute atomic E-state index is 14.0. The van der Waals surface area contributed by atoms with E-state index in [1.165, 1.54) is 17.0 Å². The lowest BCUT2D eigenvalue weighted by molar-refractivity contribution is -0.122. The Hall–Kier alpha value is -3.22. The van der Waals surface area contributed by atoms with Crippen molar-refractivity contribution < 1.29 is 18.8 Å². The van der Waals surface area contributed by atoms with Crippen molar-refractivity contribution in [2.45, 2.75) is 26.3 Å². The molecule has 1 heterocycles. The summed E-state index contributed by atoms with van der Waals surface area (Å²) in [4.78, 5) is 38.6. The van der Waals surface area contributed by atoms with Crippen LogP contribution in [0.3, 0.4) is 0 Å². The molecule has 0 radical (unpaired) electrons. The van der Waals surface area contributed by atoms with Gasteiger partial charge < -0.3 is 15.5 Å². The van der Waals surface area contributed by atoms with E-state index in [2.05, 4.69) is 10.6 Å². The molecule has 0 spiro atoms. The zero-order chi connectivity index (χ0) is 20.3. The van der Waals surface area contributed by atoms with Gasteiger partial charge in [-0.05, 0) is 38.1 Å². The molecule has 1 saturated heterocycles. The summed E-state index contributed by atoms with van der Waals surface area (Å²) in [5, 5.41) is 5.53. The second-order valence-corrected chi connectivity index (χ2v) is 7.02. The lowest BCUT2D eigenvalue weighted by Gasteiger charge is -2.18. The number of benzene rings is 2. The van der Waals surface area contributed by atoms with Gasteiger partial charge >= 0.3 is 0 Å². The second kappa shape index (κ2) is 8.21. The largest absolute Gasteiger partial charge is 0.350 e. The fourth-order valence-corrected chi connectivity index (χ4v) is 3.15. The number of carbonyl (C=O) groups excluding carboxylic acids is 3. The number of amides is 3. The molecule has 3 rings (SSSR count). The molecule has 1 aliphatic heterocycles. The van der Waals surface area contributed by atoms with Gasteiger partial charge in [0.05, 0.1) is 22.9 Å². The van der Waals surface area contributed by atoms with Gasteiger partial charge in [0.2, 0.25) is 11.8 Å². The highest BCUT2D eigenvalue weighted by atomic mass is 19.1. The van der Waals surface area contributed by atoms with Crippen LogP contribution in [0.4, 0.5) is 15.8 Å². The first-order valence-corrected chi connectivity index (χ1v) is 9.12. The maximum Gasteiger partial charge on any atom is 0.253 e. The number of hydrogen-bond acceptors (Lipinski definition) is 3. The van der Waals surface area contributed by atoms with Gasteiger partial charge in [-0.1, -0.05) is 24.3 Å². The summed E-state index contributed by atoms with van der Waals surface area (Å²) in [5.74, 6) is -2.12. The minimum atomic E-state index is -0.631. The van der Waals surface area contributed by atoms with E-state index in [1.54, 1.807) is 36.4 Å². The molecule has 0 aliphatic carbocycles. The molecular formula is C21H22FN3O3. The first-order valence-electron chi connectivity index (χ1n) is 9.12. The predicted molar refractivity (Wildman–Crippen MR) is 105 cm³/mol. The molecule has 146 valence electrons. The molecule has 6 nitrogen and oxygen atoms in total. The molecule has 2 N–H and O–H groups in total. The Labute approximate surface area is 162 Å². The monoisotopic (exact) mass is 383 g/mol. The van der Waals surface area contributed by atoms with Crippen molar-refractivity contribution in [2.24, 2.45) is 5.92 Å². The summed E-state index contributed by atoms with van der Waals surface area (Å²) >= 11 is 0. The van der Waals surface area contributed by atoms with Gasteiger partial charge in [-0.25, -0.2) is 4.39 Å². The van der Waals surface area contributed by atoms with Gasteiger partial charge in [0.1, 0.15) is 5.82 Å². The number of rotatable bonds is 5. The zero-order valence-electron chi connectivity index (χ0n) is 15.7. The Bertz CT molecular complexity index is 913. The fourth-order valence-electron chi connectivity index (χ4n) is 3.15. The predicted octanol–water partition coefficient (Wildman–Crippen LogP) is 2.96. The van der Waals surface area contributed by atoms with Gasteiger partial charge in [-0.2, -0.15) is 0 Å². The summed E-state index contributed by atoms with van der Waals surface area (Å²) < 4.78 is 14.0. The van der Waals surface area contributed by atoms with E-state index >= 15 is 0 Å². The first kappa shape index (κ1) is 19.5. The van der Waals surface area contributed by atoms with E-state index in [0.717, 1.165) is 0 Å². The van der Waals surface area contributed by atoms with Crippen molar-refractivity contribution >= 4 is 29.1 Å². The number of carbonyl (C=O) groups is 3. The van der Waals surface area contributed by atoms with E-state index in [1.807, 2.05) is 13.8 Å². The Morgan fingerprint density at radius 3 is 2.50 bits per heavy atom. The quantitative estimate of drug-likeness (QED) is 0.833. The Morgan fingerprint density at radius 2 is 1.79 bits per heavy atom. The molecule has 1 atom stereocenters. The van der Waals surface area contributed by atoms with Crippen LogP contribution in [0.2, 0.25) is 0 Å². The van der Waals surface area contributed by atoms with Crippen LogP contribution in [-0.4, -0.2) is 30.3 Å². The average Bonchev–Trinajstić information content (AvgIpc) is 3.03. The van der Waals surface area contributed by atoms with Crippen LogP contribution in [0.1, 0.15) is 30.6 Å². The summed E-state index contributed by atoms with van der Waals surface area (Å²) in [6, 6.07) is 12.6. The van der Waals surface area contributed by atoms with Crippen LogP contribution >= 0.6 is 0 Å². The molecule has 0 saturated carbocycles. The topological polar surface area (TPSA) is 78.5 Å². The van der Waals surface area contributed by atoms with Crippen molar-refractivity contribution in [2.75, 3.05) is 16.8 Å². The smallest absolute Gasteiger partial charge is 0.253 e. The lowest BCUT2D eigenvalue weighted by atomic mass is 10.1. The van der Waals surface area contributed by atoms with Crippen molar-refractivity contribution in [1.29, 1.82) is 0 Å². The third kappa shape index (κ3) is 4.19. The van der Waals surface area contributed by atoms with Crippen LogP contribution in [0.5, 0.6) is 0 Å². The molecule has 28 heavy (non-hydrogen) atoms. The molecule has 0 aromatic heterocycles. The van der Waals surface area contributed by atoms with E-state index in [9.17, 15) is 18.8 Å². The Kier molecular flexibility index (Phi) is 5.73. The molecule has 1 fully saturated rings. The normalized spacial score (nSPS) is 16.4. The molecule has 0 bridgehead atoms. The van der Waals surface area contributed by atoms with E-state index in [-0.39, 0.29) is 42.4 Å². The van der Waals surface area contributed by atoms with Crippen LogP contribution in [0, 0.1) is 11.7 Å². The third-order valence-corrected chi connectivity index (χ3v) is 4.49. The lowest BCUT2D eigenvalue weighted by Crippen LogP contribution is -2.32. The van der Waals surface area contributed by atoms with Crippen LogP contribution in [-0.2, 0) is 9.59 Å². The zero-order valence-corrected chi connectivity index (χ0v) is 15.7.